The Morgan fingerprint density at radius 3 is 2.90 bits per heavy atom. The van der Waals surface area contributed by atoms with Gasteiger partial charge >= 0.3 is 0 Å². The quantitative estimate of drug-likeness (QED) is 0.909. The molecule has 1 N–H and O–H groups in total. The number of ether oxygens (including phenoxy) is 1. The van der Waals surface area contributed by atoms with Gasteiger partial charge in [0.25, 0.3) is 0 Å². The minimum atomic E-state index is -0.490. The Bertz CT molecular complexity index is 603. The van der Waals surface area contributed by atoms with Crippen LogP contribution in [-0.4, -0.2) is 19.9 Å². The van der Waals surface area contributed by atoms with Crippen molar-refractivity contribution in [2.24, 2.45) is 0 Å². The Morgan fingerprint density at radius 2 is 2.20 bits per heavy atom. The van der Waals surface area contributed by atoms with Gasteiger partial charge in [-0.1, -0.05) is 12.1 Å². The average molecular weight is 273 g/mol. The lowest BCUT2D eigenvalue weighted by molar-refractivity contribution is 0.198. The predicted octanol–water partition coefficient (Wildman–Crippen LogP) is 2.55. The molecule has 1 aromatic heterocycles. The van der Waals surface area contributed by atoms with Crippen LogP contribution in [0.5, 0.6) is 5.75 Å². The summed E-state index contributed by atoms with van der Waals surface area (Å²) in [5, 5.41) is 17.9. The summed E-state index contributed by atoms with van der Waals surface area (Å²) in [5.41, 5.74) is 0.849. The molecule has 20 heavy (non-hydrogen) atoms. The fourth-order valence-corrected chi connectivity index (χ4v) is 2.33. The molecule has 0 saturated heterocycles. The van der Waals surface area contributed by atoms with E-state index in [1.165, 1.54) is 12.8 Å². The first-order valence-corrected chi connectivity index (χ1v) is 6.96. The number of nitrogens with zero attached hydrogens (tertiary/aromatic N) is 3. The van der Waals surface area contributed by atoms with Gasteiger partial charge in [-0.2, -0.15) is 0 Å². The first-order chi connectivity index (χ1) is 9.65. The molecule has 0 bridgehead atoms. The van der Waals surface area contributed by atoms with E-state index >= 15 is 0 Å². The molecule has 1 fully saturated rings. The maximum absolute atomic E-state index is 9.58. The van der Waals surface area contributed by atoms with Gasteiger partial charge in [0, 0.05) is 6.04 Å². The Hall–Kier alpha value is -1.88. The number of hydrogen-bond donors (Lipinski definition) is 1. The third-order valence-corrected chi connectivity index (χ3v) is 3.56. The molecule has 3 rings (SSSR count). The molecule has 106 valence electrons. The zero-order valence-electron chi connectivity index (χ0n) is 11.8. The second-order valence-corrected chi connectivity index (χ2v) is 5.30. The van der Waals surface area contributed by atoms with Crippen molar-refractivity contribution in [2.75, 3.05) is 0 Å². The number of hydrogen-bond acceptors (Lipinski definition) is 4. The molecule has 0 spiro atoms. The van der Waals surface area contributed by atoms with E-state index in [2.05, 4.69) is 14.8 Å². The molecule has 0 radical (unpaired) electrons. The van der Waals surface area contributed by atoms with Gasteiger partial charge in [-0.3, -0.25) is 0 Å². The lowest BCUT2D eigenvalue weighted by Crippen LogP contribution is -2.07. The van der Waals surface area contributed by atoms with E-state index in [0.717, 1.165) is 23.0 Å². The van der Waals surface area contributed by atoms with E-state index in [0.29, 0.717) is 12.6 Å². The van der Waals surface area contributed by atoms with Crippen LogP contribution in [0.25, 0.3) is 0 Å². The van der Waals surface area contributed by atoms with Crippen molar-refractivity contribution in [1.82, 2.24) is 14.8 Å². The van der Waals surface area contributed by atoms with E-state index in [4.69, 9.17) is 4.74 Å². The predicted molar refractivity (Wildman–Crippen MR) is 74.4 cm³/mol. The van der Waals surface area contributed by atoms with Crippen molar-refractivity contribution in [2.45, 2.75) is 45.4 Å². The van der Waals surface area contributed by atoms with Crippen molar-refractivity contribution < 1.29 is 9.84 Å². The van der Waals surface area contributed by atoms with Crippen molar-refractivity contribution >= 4 is 0 Å². The molecule has 1 aliphatic rings. The van der Waals surface area contributed by atoms with Gasteiger partial charge in [-0.05, 0) is 44.4 Å². The first-order valence-electron chi connectivity index (χ1n) is 6.96. The van der Waals surface area contributed by atoms with Crippen LogP contribution in [-0.2, 0) is 6.61 Å². The van der Waals surface area contributed by atoms with Crippen LogP contribution in [0, 0.1) is 6.92 Å². The van der Waals surface area contributed by atoms with Crippen LogP contribution in [0.1, 0.15) is 49.1 Å². The van der Waals surface area contributed by atoms with Crippen LogP contribution in [0.2, 0.25) is 0 Å². The fourth-order valence-electron chi connectivity index (χ4n) is 2.33. The second kappa shape index (κ2) is 5.25. The van der Waals surface area contributed by atoms with Crippen LogP contribution in [0.15, 0.2) is 24.3 Å². The highest BCUT2D eigenvalue weighted by molar-refractivity contribution is 5.29. The Balaban J connectivity index is 1.72. The molecule has 0 aliphatic heterocycles. The molecule has 1 unspecified atom stereocenters. The summed E-state index contributed by atoms with van der Waals surface area (Å²) in [6.45, 7) is 4.12. The highest BCUT2D eigenvalue weighted by Gasteiger charge is 2.28. The van der Waals surface area contributed by atoms with Gasteiger partial charge in [-0.15, -0.1) is 10.2 Å². The summed E-state index contributed by atoms with van der Waals surface area (Å²) in [5.74, 6) is 2.56. The van der Waals surface area contributed by atoms with Crippen molar-refractivity contribution in [3.63, 3.8) is 0 Å². The van der Waals surface area contributed by atoms with E-state index < -0.39 is 6.10 Å². The highest BCUT2D eigenvalue weighted by Crippen LogP contribution is 2.36. The lowest BCUT2D eigenvalue weighted by Gasteiger charge is -2.10. The van der Waals surface area contributed by atoms with Gasteiger partial charge in [0.15, 0.2) is 5.82 Å². The average Bonchev–Trinajstić information content (AvgIpc) is 3.20. The Kier molecular flexibility index (Phi) is 3.44. The summed E-state index contributed by atoms with van der Waals surface area (Å²) >= 11 is 0. The van der Waals surface area contributed by atoms with E-state index in [1.54, 1.807) is 6.92 Å². The van der Waals surface area contributed by atoms with Crippen molar-refractivity contribution in [1.29, 1.82) is 0 Å². The lowest BCUT2D eigenvalue weighted by atomic mass is 10.1. The van der Waals surface area contributed by atoms with Gasteiger partial charge in [0.2, 0.25) is 0 Å². The number of rotatable bonds is 5. The fraction of sp³-hybridized carbons (Fsp3) is 0.467. The summed E-state index contributed by atoms with van der Waals surface area (Å²) in [6, 6.07) is 8.06. The van der Waals surface area contributed by atoms with E-state index in [1.807, 2.05) is 31.2 Å². The second-order valence-electron chi connectivity index (χ2n) is 5.30. The smallest absolute Gasteiger partial charge is 0.171 e. The highest BCUT2D eigenvalue weighted by atomic mass is 16.5. The summed E-state index contributed by atoms with van der Waals surface area (Å²) in [7, 11) is 0. The number of aliphatic hydroxyl groups excluding tert-OH is 1. The maximum Gasteiger partial charge on any atom is 0.171 e. The molecule has 5 nitrogen and oxygen atoms in total. The largest absolute Gasteiger partial charge is 0.486 e. The van der Waals surface area contributed by atoms with Gasteiger partial charge < -0.3 is 14.4 Å². The number of aryl methyl sites for hydroxylation is 1. The van der Waals surface area contributed by atoms with E-state index in [-0.39, 0.29) is 0 Å². The Labute approximate surface area is 118 Å². The monoisotopic (exact) mass is 273 g/mol. The van der Waals surface area contributed by atoms with Gasteiger partial charge in [-0.25, -0.2) is 0 Å². The van der Waals surface area contributed by atoms with Crippen molar-refractivity contribution in [3.05, 3.63) is 41.5 Å². The van der Waals surface area contributed by atoms with Gasteiger partial charge in [0.1, 0.15) is 18.2 Å². The number of aromatic nitrogens is 3. The standard InChI is InChI=1S/C15H19N3O2/c1-10(19)12-4-3-5-14(8-12)20-9-15-17-16-11(2)18(15)13-6-7-13/h3-5,8,10,13,19H,6-7,9H2,1-2H3. The normalized spacial score (nSPS) is 16.1. The van der Waals surface area contributed by atoms with Gasteiger partial charge in [0.05, 0.1) is 6.10 Å². The molecule has 1 heterocycles. The maximum atomic E-state index is 9.58. The molecular weight excluding hydrogens is 254 g/mol. The summed E-state index contributed by atoms with van der Waals surface area (Å²) in [4.78, 5) is 0. The summed E-state index contributed by atoms with van der Waals surface area (Å²) in [6.07, 6.45) is 1.91. The molecule has 1 saturated carbocycles. The zero-order chi connectivity index (χ0) is 14.1. The molecule has 1 atom stereocenters. The molecule has 1 aromatic carbocycles. The molecule has 0 amide bonds. The number of aliphatic hydroxyl groups is 1. The minimum Gasteiger partial charge on any atom is -0.486 e. The molecule has 1 aliphatic carbocycles. The minimum absolute atomic E-state index is 0.403. The van der Waals surface area contributed by atoms with Crippen LogP contribution < -0.4 is 4.74 Å². The number of benzene rings is 1. The van der Waals surface area contributed by atoms with Crippen LogP contribution in [0.4, 0.5) is 0 Å². The van der Waals surface area contributed by atoms with Crippen LogP contribution in [0.3, 0.4) is 0 Å². The topological polar surface area (TPSA) is 60.2 Å². The van der Waals surface area contributed by atoms with E-state index in [9.17, 15) is 5.11 Å². The Morgan fingerprint density at radius 1 is 1.40 bits per heavy atom. The van der Waals surface area contributed by atoms with Crippen LogP contribution >= 0.6 is 0 Å². The first kappa shape index (κ1) is 13.1. The molecular formula is C15H19N3O2. The third-order valence-electron chi connectivity index (χ3n) is 3.56. The third kappa shape index (κ3) is 2.67. The SMILES string of the molecule is Cc1nnc(COc2cccc(C(C)O)c2)n1C1CC1. The molecule has 2 aromatic rings. The van der Waals surface area contributed by atoms with Crippen molar-refractivity contribution in [3.8, 4) is 5.75 Å². The zero-order valence-corrected chi connectivity index (χ0v) is 11.8. The molecule has 5 heteroatoms. The summed E-state index contributed by atoms with van der Waals surface area (Å²) < 4.78 is 7.95.